The second-order valence-electron chi connectivity index (χ2n) is 13.3. The topological polar surface area (TPSA) is 93.9 Å². The van der Waals surface area contributed by atoms with E-state index in [4.69, 9.17) is 0 Å². The van der Waals surface area contributed by atoms with Crippen molar-refractivity contribution in [3.05, 3.63) is 194 Å². The fraction of sp³-hybridized carbons (Fsp3) is 0.0800. The Labute approximate surface area is 338 Å². The van der Waals surface area contributed by atoms with E-state index in [9.17, 15) is 9.59 Å². The Morgan fingerprint density at radius 3 is 1.81 bits per heavy atom. The van der Waals surface area contributed by atoms with Gasteiger partial charge in [0.25, 0.3) is 5.91 Å². The van der Waals surface area contributed by atoms with Crippen LogP contribution in [0.4, 0.5) is 5.69 Å². The first kappa shape index (κ1) is 38.7. The number of aromatic nitrogens is 5. The third-order valence-electron chi connectivity index (χ3n) is 9.77. The van der Waals surface area contributed by atoms with Gasteiger partial charge in [-0.15, -0.1) is 0 Å². The lowest BCUT2D eigenvalue weighted by Gasteiger charge is -2.24. The Kier molecular flexibility index (Phi) is 11.9. The summed E-state index contributed by atoms with van der Waals surface area (Å²) in [6.07, 6.45) is 10.9. The molecule has 9 rings (SSSR count). The Morgan fingerprint density at radius 1 is 0.569 bits per heavy atom. The van der Waals surface area contributed by atoms with Crippen molar-refractivity contribution in [2.45, 2.75) is 20.8 Å². The lowest BCUT2D eigenvalue weighted by molar-refractivity contribution is 0.0986. The van der Waals surface area contributed by atoms with E-state index in [1.54, 1.807) is 42.8 Å². The molecule has 0 fully saturated rings. The highest BCUT2D eigenvalue weighted by atomic mass is 16.2. The predicted octanol–water partition coefficient (Wildman–Crippen LogP) is 11.5. The quantitative estimate of drug-likeness (QED) is 0.150. The fourth-order valence-electron chi connectivity index (χ4n) is 7.07. The first-order valence-electron chi connectivity index (χ1n) is 19.1. The monoisotopic (exact) mass is 758 g/mol. The van der Waals surface area contributed by atoms with Crippen molar-refractivity contribution in [1.82, 2.24) is 24.5 Å². The summed E-state index contributed by atoms with van der Waals surface area (Å²) < 4.78 is 2.09. The van der Waals surface area contributed by atoms with Crippen LogP contribution in [0.15, 0.2) is 177 Å². The molecule has 58 heavy (non-hydrogen) atoms. The van der Waals surface area contributed by atoms with Gasteiger partial charge in [0.05, 0.1) is 28.0 Å². The highest BCUT2D eigenvalue weighted by Crippen LogP contribution is 2.39. The number of benzene rings is 6. The molecule has 0 saturated carbocycles. The van der Waals surface area contributed by atoms with Crippen molar-refractivity contribution < 1.29 is 9.59 Å². The summed E-state index contributed by atoms with van der Waals surface area (Å²) in [6, 6.07) is 46.2. The molecule has 0 aliphatic heterocycles. The number of para-hydroxylation sites is 1. The molecule has 0 bridgehead atoms. The largest absolute Gasteiger partial charge is 0.311 e. The minimum Gasteiger partial charge on any atom is -0.311 e. The molecule has 8 heteroatoms. The van der Waals surface area contributed by atoms with Gasteiger partial charge in [-0.1, -0.05) is 123 Å². The Bertz CT molecular complexity index is 2810. The zero-order valence-electron chi connectivity index (χ0n) is 32.8. The highest BCUT2D eigenvalue weighted by molar-refractivity contribution is 6.16. The minimum atomic E-state index is -0.291. The second kappa shape index (κ2) is 17.9. The molecule has 0 spiro atoms. The van der Waals surface area contributed by atoms with Crippen LogP contribution in [0.25, 0.3) is 60.9 Å². The minimum absolute atomic E-state index is 0.291. The lowest BCUT2D eigenvalue weighted by Crippen LogP contribution is -2.29. The van der Waals surface area contributed by atoms with Crippen molar-refractivity contribution in [1.29, 1.82) is 0 Å². The maximum absolute atomic E-state index is 14.9. The molecular weight excluding hydrogens is 717 g/mol. The fourth-order valence-corrected chi connectivity index (χ4v) is 7.07. The van der Waals surface area contributed by atoms with Crippen LogP contribution in [0, 0.1) is 6.92 Å². The summed E-state index contributed by atoms with van der Waals surface area (Å²) in [5.74, 6) is -0.291. The van der Waals surface area contributed by atoms with Crippen molar-refractivity contribution >= 4 is 39.7 Å². The van der Waals surface area contributed by atoms with E-state index in [-0.39, 0.29) is 5.91 Å². The molecule has 3 aromatic heterocycles. The molecule has 284 valence electrons. The number of aryl methyl sites for hydroxylation is 1. The molecule has 6 aromatic carbocycles. The van der Waals surface area contributed by atoms with E-state index in [0.717, 1.165) is 72.7 Å². The van der Waals surface area contributed by atoms with Gasteiger partial charge < -0.3 is 9.47 Å². The van der Waals surface area contributed by atoms with Crippen LogP contribution in [-0.4, -0.2) is 43.7 Å². The second-order valence-corrected chi connectivity index (χ2v) is 13.3. The molecule has 0 radical (unpaired) electrons. The molecule has 1 amide bonds. The summed E-state index contributed by atoms with van der Waals surface area (Å²) in [6.45, 7) is 5.96. The molecule has 0 saturated heterocycles. The van der Waals surface area contributed by atoms with Crippen LogP contribution in [0.5, 0.6) is 0 Å². The number of carbonyl (C=O) groups is 2. The zero-order valence-corrected chi connectivity index (χ0v) is 32.8. The van der Waals surface area contributed by atoms with Gasteiger partial charge in [0.1, 0.15) is 12.7 Å². The summed E-state index contributed by atoms with van der Waals surface area (Å²) in [7, 11) is 1.77. The van der Waals surface area contributed by atoms with E-state index in [2.05, 4.69) is 67.0 Å². The van der Waals surface area contributed by atoms with Crippen molar-refractivity contribution in [2.75, 3.05) is 11.9 Å². The maximum atomic E-state index is 14.9. The maximum Gasteiger partial charge on any atom is 0.260 e. The van der Waals surface area contributed by atoms with Gasteiger partial charge in [0, 0.05) is 59.3 Å². The SMILES string of the molecule is CC.CN(C(=O)c1c(C=O)cccc1-n1c2ccccc2c2ccc(-c3cncnc3)cc21)c1ccc(-c2ccccc2)cc1-c1ccccc1.Cc1cncnc1. The van der Waals surface area contributed by atoms with Crippen LogP contribution in [0.2, 0.25) is 0 Å². The summed E-state index contributed by atoms with van der Waals surface area (Å²) >= 11 is 0. The van der Waals surface area contributed by atoms with E-state index in [1.807, 2.05) is 112 Å². The standard InChI is InChI=1S/C43H30N4O2.C5H6N2.C2H6/c1-46(38-22-20-31(29-11-4-2-5-12-29)23-37(38)30-13-6-3-7-14-30)43(49)42-33(27-48)15-10-18-40(42)47-39-17-9-8-16-35(39)36-21-19-32(24-41(36)47)34-25-44-28-45-26-34;1-5-2-6-4-7-3-5;1-2/h2-28H,1H3;2-4H,1H3;1-2H3. The molecule has 0 unspecified atom stereocenters. The Hall–Kier alpha value is -7.58. The van der Waals surface area contributed by atoms with E-state index < -0.39 is 0 Å². The number of hydrogen-bond acceptors (Lipinski definition) is 6. The van der Waals surface area contributed by atoms with Crippen LogP contribution >= 0.6 is 0 Å². The number of nitrogens with zero attached hydrogens (tertiary/aromatic N) is 6. The van der Waals surface area contributed by atoms with Crippen LogP contribution in [0.3, 0.4) is 0 Å². The van der Waals surface area contributed by atoms with Gasteiger partial charge in [-0.3, -0.25) is 9.59 Å². The van der Waals surface area contributed by atoms with Crippen molar-refractivity contribution in [3.8, 4) is 39.1 Å². The molecule has 3 heterocycles. The average Bonchev–Trinajstić information content (AvgIpc) is 3.63. The van der Waals surface area contributed by atoms with Gasteiger partial charge in [-0.2, -0.15) is 0 Å². The number of anilines is 1. The van der Waals surface area contributed by atoms with Gasteiger partial charge in [-0.05, 0) is 65.1 Å². The summed E-state index contributed by atoms with van der Waals surface area (Å²) in [4.78, 5) is 45.2. The van der Waals surface area contributed by atoms with Gasteiger partial charge in [0.15, 0.2) is 6.29 Å². The Balaban J connectivity index is 0.000000510. The van der Waals surface area contributed by atoms with E-state index in [1.165, 1.54) is 12.7 Å². The van der Waals surface area contributed by atoms with Crippen LogP contribution in [0.1, 0.15) is 40.1 Å². The first-order valence-corrected chi connectivity index (χ1v) is 19.1. The molecule has 8 nitrogen and oxygen atoms in total. The molecule has 0 atom stereocenters. The van der Waals surface area contributed by atoms with Crippen LogP contribution < -0.4 is 4.90 Å². The van der Waals surface area contributed by atoms with Gasteiger partial charge in [-0.25, -0.2) is 19.9 Å². The molecule has 0 aliphatic carbocycles. The summed E-state index contributed by atoms with van der Waals surface area (Å²) in [5, 5.41) is 2.07. The van der Waals surface area contributed by atoms with Crippen molar-refractivity contribution in [2.24, 2.45) is 0 Å². The lowest BCUT2D eigenvalue weighted by atomic mass is 9.96. The molecule has 9 aromatic rings. The molecule has 0 N–H and O–H groups in total. The first-order chi connectivity index (χ1) is 28.5. The third kappa shape index (κ3) is 7.90. The number of carbonyl (C=O) groups excluding carboxylic acids is 2. The van der Waals surface area contributed by atoms with Gasteiger partial charge in [0.2, 0.25) is 0 Å². The highest BCUT2D eigenvalue weighted by Gasteiger charge is 2.26. The van der Waals surface area contributed by atoms with Crippen LogP contribution in [-0.2, 0) is 0 Å². The normalized spacial score (nSPS) is 10.6. The van der Waals surface area contributed by atoms with E-state index in [0.29, 0.717) is 16.8 Å². The number of amides is 1. The van der Waals surface area contributed by atoms with Gasteiger partial charge >= 0.3 is 0 Å². The predicted molar refractivity (Wildman–Crippen MR) is 235 cm³/mol. The Morgan fingerprint density at radius 2 is 1.16 bits per heavy atom. The number of hydrogen-bond donors (Lipinski definition) is 0. The third-order valence-corrected chi connectivity index (χ3v) is 9.77. The number of fused-ring (bicyclic) bond motifs is 3. The zero-order chi connectivity index (χ0) is 40.4. The number of rotatable bonds is 7. The molecule has 0 aliphatic rings. The molecular formula is C50H42N6O2. The van der Waals surface area contributed by atoms with Crippen molar-refractivity contribution in [3.63, 3.8) is 0 Å². The van der Waals surface area contributed by atoms with E-state index >= 15 is 0 Å². The smallest absolute Gasteiger partial charge is 0.260 e. The summed E-state index contributed by atoms with van der Waals surface area (Å²) in [5.41, 5.74) is 10.8. The average molecular weight is 759 g/mol. The number of aldehydes is 1.